The van der Waals surface area contributed by atoms with Crippen molar-refractivity contribution in [1.29, 1.82) is 0 Å². The van der Waals surface area contributed by atoms with E-state index in [-0.39, 0.29) is 29.8 Å². The fraction of sp³-hybridized carbons (Fsp3) is 0.467. The zero-order valence-corrected chi connectivity index (χ0v) is 13.8. The van der Waals surface area contributed by atoms with Crippen LogP contribution in [0.5, 0.6) is 0 Å². The maximum absolute atomic E-state index is 12.1. The fourth-order valence-corrected chi connectivity index (χ4v) is 3.35. The minimum absolute atomic E-state index is 0.0658. The van der Waals surface area contributed by atoms with Gasteiger partial charge in [-0.1, -0.05) is 17.7 Å². The van der Waals surface area contributed by atoms with E-state index >= 15 is 0 Å². The Kier molecular flexibility index (Phi) is 5.73. The van der Waals surface area contributed by atoms with Crippen LogP contribution < -0.4 is 15.4 Å². The molecule has 2 amide bonds. The summed E-state index contributed by atoms with van der Waals surface area (Å²) in [5, 5.41) is 5.23. The maximum atomic E-state index is 12.1. The van der Waals surface area contributed by atoms with Gasteiger partial charge in [-0.05, 0) is 31.9 Å². The molecule has 0 aromatic heterocycles. The topological polar surface area (TPSA) is 104 Å². The number of carbonyl (C=O) groups excluding carboxylic acids is 2. The fourth-order valence-electron chi connectivity index (χ4n) is 2.32. The van der Waals surface area contributed by atoms with Crippen molar-refractivity contribution in [2.75, 3.05) is 19.6 Å². The number of hydrogen-bond donors (Lipinski definition) is 3. The van der Waals surface area contributed by atoms with Gasteiger partial charge in [0.15, 0.2) is 0 Å². The van der Waals surface area contributed by atoms with E-state index in [1.165, 1.54) is 12.1 Å². The van der Waals surface area contributed by atoms with E-state index in [0.29, 0.717) is 13.0 Å². The molecule has 1 fully saturated rings. The summed E-state index contributed by atoms with van der Waals surface area (Å²) in [6.07, 6.45) is 1.29. The lowest BCUT2D eigenvalue weighted by atomic mass is 9.98. The molecule has 3 N–H and O–H groups in total. The predicted molar refractivity (Wildman–Crippen MR) is 85.1 cm³/mol. The first-order valence-corrected chi connectivity index (χ1v) is 9.00. The molecule has 1 aliphatic heterocycles. The Balaban J connectivity index is 1.79. The summed E-state index contributed by atoms with van der Waals surface area (Å²) in [7, 11) is -3.59. The van der Waals surface area contributed by atoms with E-state index in [4.69, 9.17) is 0 Å². The molecule has 1 heterocycles. The van der Waals surface area contributed by atoms with Crippen molar-refractivity contribution in [2.45, 2.75) is 24.7 Å². The summed E-state index contributed by atoms with van der Waals surface area (Å²) in [6, 6.07) is 6.50. The Morgan fingerprint density at radius 1 is 1.26 bits per heavy atom. The van der Waals surface area contributed by atoms with Crippen molar-refractivity contribution in [3.8, 4) is 0 Å². The van der Waals surface area contributed by atoms with Crippen LogP contribution in [0.15, 0.2) is 29.2 Å². The summed E-state index contributed by atoms with van der Waals surface area (Å²) >= 11 is 0. The van der Waals surface area contributed by atoms with Crippen molar-refractivity contribution in [2.24, 2.45) is 5.92 Å². The second-order valence-electron chi connectivity index (χ2n) is 5.49. The van der Waals surface area contributed by atoms with Gasteiger partial charge < -0.3 is 10.6 Å². The molecular weight excluding hydrogens is 318 g/mol. The number of rotatable bonds is 6. The molecule has 2 rings (SSSR count). The van der Waals surface area contributed by atoms with Crippen molar-refractivity contribution in [3.05, 3.63) is 29.8 Å². The highest BCUT2D eigenvalue weighted by Crippen LogP contribution is 2.11. The smallest absolute Gasteiger partial charge is 0.240 e. The molecule has 1 aliphatic rings. The number of benzene rings is 1. The molecule has 1 aromatic carbocycles. The third-order valence-electron chi connectivity index (χ3n) is 3.65. The van der Waals surface area contributed by atoms with Crippen LogP contribution in [0.2, 0.25) is 0 Å². The van der Waals surface area contributed by atoms with Crippen LogP contribution in [0.1, 0.15) is 18.4 Å². The predicted octanol–water partition coefficient (Wildman–Crippen LogP) is -0.0843. The standard InChI is InChI=1S/C15H21N3O4S/c1-11-4-6-12(7-5-11)23(21,22)18-10-9-17-15(20)13-3-2-8-16-14(13)19/h4-7,13,18H,2-3,8-10H2,1H3,(H,16,19)(H,17,20)/t13-/m1/s1. The van der Waals surface area contributed by atoms with E-state index in [9.17, 15) is 18.0 Å². The number of amides is 2. The molecule has 0 bridgehead atoms. The van der Waals surface area contributed by atoms with Crippen molar-refractivity contribution >= 4 is 21.8 Å². The van der Waals surface area contributed by atoms with Gasteiger partial charge in [0.05, 0.1) is 4.90 Å². The van der Waals surface area contributed by atoms with Gasteiger partial charge in [0.2, 0.25) is 21.8 Å². The zero-order chi connectivity index (χ0) is 16.9. The molecular formula is C15H21N3O4S. The molecule has 8 heteroatoms. The van der Waals surface area contributed by atoms with Gasteiger partial charge >= 0.3 is 0 Å². The van der Waals surface area contributed by atoms with Gasteiger partial charge in [-0.2, -0.15) is 0 Å². The lowest BCUT2D eigenvalue weighted by molar-refractivity contribution is -0.136. The van der Waals surface area contributed by atoms with Gasteiger partial charge in [0.25, 0.3) is 0 Å². The van der Waals surface area contributed by atoms with E-state index in [0.717, 1.165) is 12.0 Å². The summed E-state index contributed by atoms with van der Waals surface area (Å²) in [4.78, 5) is 23.6. The number of hydrogen-bond acceptors (Lipinski definition) is 4. The summed E-state index contributed by atoms with van der Waals surface area (Å²) in [5.74, 6) is -1.32. The van der Waals surface area contributed by atoms with Gasteiger partial charge in [0, 0.05) is 19.6 Å². The highest BCUT2D eigenvalue weighted by molar-refractivity contribution is 7.89. The molecule has 0 radical (unpaired) electrons. The maximum Gasteiger partial charge on any atom is 0.240 e. The molecule has 0 aliphatic carbocycles. The molecule has 1 atom stereocenters. The van der Waals surface area contributed by atoms with E-state index < -0.39 is 15.9 Å². The zero-order valence-electron chi connectivity index (χ0n) is 13.0. The number of sulfonamides is 1. The van der Waals surface area contributed by atoms with Crippen LogP contribution in [0.25, 0.3) is 0 Å². The van der Waals surface area contributed by atoms with Crippen molar-refractivity contribution in [3.63, 3.8) is 0 Å². The molecule has 7 nitrogen and oxygen atoms in total. The van der Waals surface area contributed by atoms with Gasteiger partial charge in [-0.25, -0.2) is 13.1 Å². The first-order valence-electron chi connectivity index (χ1n) is 7.52. The average molecular weight is 339 g/mol. The van der Waals surface area contributed by atoms with Crippen LogP contribution in [0.4, 0.5) is 0 Å². The highest BCUT2D eigenvalue weighted by Gasteiger charge is 2.28. The lowest BCUT2D eigenvalue weighted by Crippen LogP contribution is -2.46. The normalized spacial score (nSPS) is 18.3. The Hall–Kier alpha value is -1.93. The molecule has 1 saturated heterocycles. The Labute approximate surface area is 135 Å². The molecule has 1 aromatic rings. The molecule has 0 spiro atoms. The van der Waals surface area contributed by atoms with E-state index in [1.54, 1.807) is 12.1 Å². The number of nitrogens with one attached hydrogen (secondary N) is 3. The molecule has 0 saturated carbocycles. The monoisotopic (exact) mass is 339 g/mol. The minimum atomic E-state index is -3.59. The van der Waals surface area contributed by atoms with Crippen LogP contribution in [0, 0.1) is 12.8 Å². The highest BCUT2D eigenvalue weighted by atomic mass is 32.2. The first-order chi connectivity index (χ1) is 10.9. The van der Waals surface area contributed by atoms with E-state index in [1.807, 2.05) is 6.92 Å². The summed E-state index contributed by atoms with van der Waals surface area (Å²) < 4.78 is 26.5. The largest absolute Gasteiger partial charge is 0.355 e. The molecule has 23 heavy (non-hydrogen) atoms. The van der Waals surface area contributed by atoms with Crippen molar-refractivity contribution in [1.82, 2.24) is 15.4 Å². The third kappa shape index (κ3) is 4.77. The quantitative estimate of drug-likeness (QED) is 0.498. The van der Waals surface area contributed by atoms with Crippen LogP contribution in [-0.4, -0.2) is 39.9 Å². The number of carbonyl (C=O) groups is 2. The van der Waals surface area contributed by atoms with Crippen molar-refractivity contribution < 1.29 is 18.0 Å². The second-order valence-corrected chi connectivity index (χ2v) is 7.25. The van der Waals surface area contributed by atoms with Gasteiger partial charge in [-0.15, -0.1) is 0 Å². The Morgan fingerprint density at radius 3 is 2.61 bits per heavy atom. The van der Waals surface area contributed by atoms with Crippen LogP contribution in [-0.2, 0) is 19.6 Å². The average Bonchev–Trinajstić information content (AvgIpc) is 2.52. The second kappa shape index (κ2) is 7.56. The lowest BCUT2D eigenvalue weighted by Gasteiger charge is -2.21. The van der Waals surface area contributed by atoms with Gasteiger partial charge in [-0.3, -0.25) is 9.59 Å². The number of piperidine rings is 1. The summed E-state index contributed by atoms with van der Waals surface area (Å²) in [6.45, 7) is 2.67. The summed E-state index contributed by atoms with van der Waals surface area (Å²) in [5.41, 5.74) is 0.974. The van der Waals surface area contributed by atoms with Crippen LogP contribution in [0.3, 0.4) is 0 Å². The van der Waals surface area contributed by atoms with Gasteiger partial charge in [0.1, 0.15) is 5.92 Å². The van der Waals surface area contributed by atoms with Crippen LogP contribution >= 0.6 is 0 Å². The minimum Gasteiger partial charge on any atom is -0.355 e. The molecule has 0 unspecified atom stereocenters. The SMILES string of the molecule is Cc1ccc(S(=O)(=O)NCCNC(=O)[C@@H]2CCCNC2=O)cc1. The Bertz CT molecular complexity index is 670. The molecule has 126 valence electrons. The Morgan fingerprint density at radius 2 is 1.96 bits per heavy atom. The first kappa shape index (κ1) is 17.4. The third-order valence-corrected chi connectivity index (χ3v) is 5.13. The number of aryl methyl sites for hydroxylation is 1. The van der Waals surface area contributed by atoms with E-state index in [2.05, 4.69) is 15.4 Å².